The van der Waals surface area contributed by atoms with Gasteiger partial charge in [0, 0.05) is 17.0 Å². The number of nitrogens with one attached hydrogen (secondary N) is 1. The van der Waals surface area contributed by atoms with Crippen molar-refractivity contribution in [1.29, 1.82) is 0 Å². The lowest BCUT2D eigenvalue weighted by Crippen LogP contribution is -2.24. The van der Waals surface area contributed by atoms with Gasteiger partial charge in [0.1, 0.15) is 5.75 Å². The van der Waals surface area contributed by atoms with Crippen molar-refractivity contribution < 1.29 is 9.53 Å². The lowest BCUT2D eigenvalue weighted by Gasteiger charge is -2.12. The molecule has 0 atom stereocenters. The zero-order chi connectivity index (χ0) is 25.3. The van der Waals surface area contributed by atoms with E-state index in [0.29, 0.717) is 18.0 Å². The van der Waals surface area contributed by atoms with Crippen molar-refractivity contribution in [3.63, 3.8) is 0 Å². The maximum Gasteiger partial charge on any atom is 0.251 e. The molecule has 1 heterocycles. The topological polar surface area (TPSA) is 69.0 Å². The highest BCUT2D eigenvalue weighted by atomic mass is 32.2. The second kappa shape index (κ2) is 12.4. The summed E-state index contributed by atoms with van der Waals surface area (Å²) in [5.41, 5.74) is 5.24. The van der Waals surface area contributed by atoms with Gasteiger partial charge in [-0.3, -0.25) is 9.36 Å². The number of aromatic nitrogens is 3. The number of hydrogen-bond acceptors (Lipinski definition) is 5. The average Bonchev–Trinajstić information content (AvgIpc) is 3.30. The fourth-order valence-electron chi connectivity index (χ4n) is 3.67. The Morgan fingerprint density at radius 3 is 2.44 bits per heavy atom. The maximum atomic E-state index is 12.8. The van der Waals surface area contributed by atoms with E-state index < -0.39 is 0 Å². The largest absolute Gasteiger partial charge is 0.494 e. The van der Waals surface area contributed by atoms with Crippen LogP contribution < -0.4 is 10.1 Å². The van der Waals surface area contributed by atoms with Gasteiger partial charge in [-0.15, -0.1) is 10.2 Å². The Hall–Kier alpha value is -3.58. The SMILES string of the molecule is CCCCOc1ccc(C(=O)NCc2nnc(SCc3ccccc3C)n2-c2ccc(C)cc2)cc1. The van der Waals surface area contributed by atoms with Crippen LogP contribution in [0.5, 0.6) is 5.75 Å². The summed E-state index contributed by atoms with van der Waals surface area (Å²) in [6.07, 6.45) is 2.09. The van der Waals surface area contributed by atoms with Crippen LogP contribution in [0, 0.1) is 13.8 Å². The number of nitrogens with zero attached hydrogens (tertiary/aromatic N) is 3. The number of thioether (sulfide) groups is 1. The maximum absolute atomic E-state index is 12.8. The summed E-state index contributed by atoms with van der Waals surface area (Å²) in [7, 11) is 0. The zero-order valence-electron chi connectivity index (χ0n) is 21.0. The molecule has 186 valence electrons. The molecule has 0 fully saturated rings. The molecule has 7 heteroatoms. The van der Waals surface area contributed by atoms with Crippen LogP contribution >= 0.6 is 11.8 Å². The van der Waals surface area contributed by atoms with Crippen LogP contribution in [0.25, 0.3) is 5.69 Å². The minimum atomic E-state index is -0.164. The van der Waals surface area contributed by atoms with E-state index in [0.717, 1.165) is 35.2 Å². The molecule has 0 bridgehead atoms. The number of ether oxygens (including phenoxy) is 1. The first kappa shape index (κ1) is 25.5. The van der Waals surface area contributed by atoms with Crippen LogP contribution in [0.2, 0.25) is 0 Å². The van der Waals surface area contributed by atoms with Gasteiger partial charge in [-0.25, -0.2) is 0 Å². The number of rotatable bonds is 11. The fraction of sp³-hybridized carbons (Fsp3) is 0.276. The first-order chi connectivity index (χ1) is 17.5. The van der Waals surface area contributed by atoms with E-state index in [9.17, 15) is 4.79 Å². The summed E-state index contributed by atoms with van der Waals surface area (Å²) in [4.78, 5) is 12.8. The molecule has 36 heavy (non-hydrogen) atoms. The molecule has 0 aliphatic heterocycles. The second-order valence-corrected chi connectivity index (χ2v) is 9.64. The molecule has 0 saturated heterocycles. The van der Waals surface area contributed by atoms with E-state index >= 15 is 0 Å². The molecule has 0 saturated carbocycles. The van der Waals surface area contributed by atoms with Gasteiger partial charge in [0.05, 0.1) is 13.2 Å². The van der Waals surface area contributed by atoms with Gasteiger partial charge in [0.25, 0.3) is 5.91 Å². The molecule has 4 aromatic rings. The summed E-state index contributed by atoms with van der Waals surface area (Å²) in [6.45, 7) is 7.25. The van der Waals surface area contributed by atoms with Gasteiger partial charge in [0.15, 0.2) is 11.0 Å². The normalized spacial score (nSPS) is 10.9. The first-order valence-electron chi connectivity index (χ1n) is 12.2. The quantitative estimate of drug-likeness (QED) is 0.194. The fourth-order valence-corrected chi connectivity index (χ4v) is 4.72. The van der Waals surface area contributed by atoms with Crippen molar-refractivity contribution in [2.45, 2.75) is 51.1 Å². The van der Waals surface area contributed by atoms with Gasteiger partial charge in [0.2, 0.25) is 0 Å². The predicted octanol–water partition coefficient (Wildman–Crippen LogP) is 6.29. The number of hydrogen-bond donors (Lipinski definition) is 1. The molecule has 0 unspecified atom stereocenters. The number of amides is 1. The van der Waals surface area contributed by atoms with Crippen LogP contribution in [-0.2, 0) is 12.3 Å². The van der Waals surface area contributed by atoms with Crippen LogP contribution in [0.3, 0.4) is 0 Å². The third kappa shape index (κ3) is 6.55. The molecule has 1 aromatic heterocycles. The highest BCUT2D eigenvalue weighted by Crippen LogP contribution is 2.26. The lowest BCUT2D eigenvalue weighted by atomic mass is 10.1. The van der Waals surface area contributed by atoms with Crippen molar-refractivity contribution in [2.75, 3.05) is 6.61 Å². The summed E-state index contributed by atoms with van der Waals surface area (Å²) < 4.78 is 7.71. The molecule has 4 rings (SSSR count). The van der Waals surface area contributed by atoms with E-state index in [1.165, 1.54) is 16.7 Å². The van der Waals surface area contributed by atoms with Crippen molar-refractivity contribution in [3.05, 3.63) is 101 Å². The van der Waals surface area contributed by atoms with Gasteiger partial charge < -0.3 is 10.1 Å². The Morgan fingerprint density at radius 2 is 1.72 bits per heavy atom. The Morgan fingerprint density at radius 1 is 0.972 bits per heavy atom. The smallest absolute Gasteiger partial charge is 0.251 e. The summed E-state index contributed by atoms with van der Waals surface area (Å²) in [5, 5.41) is 12.7. The Labute approximate surface area is 217 Å². The molecular weight excluding hydrogens is 468 g/mol. The Kier molecular flexibility index (Phi) is 8.79. The van der Waals surface area contributed by atoms with Crippen molar-refractivity contribution >= 4 is 17.7 Å². The third-order valence-electron chi connectivity index (χ3n) is 5.90. The second-order valence-electron chi connectivity index (χ2n) is 8.69. The minimum Gasteiger partial charge on any atom is -0.494 e. The molecule has 0 radical (unpaired) electrons. The van der Waals surface area contributed by atoms with Gasteiger partial charge in [-0.2, -0.15) is 0 Å². The van der Waals surface area contributed by atoms with Gasteiger partial charge >= 0.3 is 0 Å². The minimum absolute atomic E-state index is 0.164. The van der Waals surface area contributed by atoms with E-state index in [2.05, 4.69) is 78.7 Å². The van der Waals surface area contributed by atoms with E-state index in [4.69, 9.17) is 4.74 Å². The number of benzene rings is 3. The van der Waals surface area contributed by atoms with Crippen LogP contribution in [0.1, 0.15) is 52.6 Å². The van der Waals surface area contributed by atoms with Crippen LogP contribution in [-0.4, -0.2) is 27.3 Å². The van der Waals surface area contributed by atoms with E-state index in [1.807, 2.05) is 22.8 Å². The number of aryl methyl sites for hydroxylation is 2. The first-order valence-corrected chi connectivity index (χ1v) is 13.2. The molecule has 1 N–H and O–H groups in total. The predicted molar refractivity (Wildman–Crippen MR) is 145 cm³/mol. The summed E-state index contributed by atoms with van der Waals surface area (Å²) in [6, 6.07) is 23.8. The molecule has 3 aromatic carbocycles. The van der Waals surface area contributed by atoms with E-state index in [1.54, 1.807) is 23.9 Å². The standard InChI is InChI=1S/C29H32N4O2S/c1-4-5-18-35-26-16-12-23(13-17-26)28(34)30-19-27-31-32-29(33(27)25-14-10-21(2)11-15-25)36-20-24-9-7-6-8-22(24)3/h6-17H,4-5,18-20H2,1-3H3,(H,30,34). The number of carbonyl (C=O) groups excluding carboxylic acids is 1. The van der Waals surface area contributed by atoms with Gasteiger partial charge in [-0.1, -0.05) is 67.1 Å². The van der Waals surface area contributed by atoms with Crippen LogP contribution in [0.15, 0.2) is 78.0 Å². The van der Waals surface area contributed by atoms with E-state index in [-0.39, 0.29) is 12.5 Å². The Balaban J connectivity index is 1.48. The summed E-state index contributed by atoms with van der Waals surface area (Å²) in [5.74, 6) is 2.08. The highest BCUT2D eigenvalue weighted by molar-refractivity contribution is 7.98. The van der Waals surface area contributed by atoms with Gasteiger partial charge in [-0.05, 0) is 67.8 Å². The van der Waals surface area contributed by atoms with Crippen molar-refractivity contribution in [1.82, 2.24) is 20.1 Å². The monoisotopic (exact) mass is 500 g/mol. The van der Waals surface area contributed by atoms with Crippen molar-refractivity contribution in [3.8, 4) is 11.4 Å². The molecular formula is C29H32N4O2S. The summed E-state index contributed by atoms with van der Waals surface area (Å²) >= 11 is 1.64. The molecule has 0 spiro atoms. The number of unbranched alkanes of at least 4 members (excludes halogenated alkanes) is 1. The molecule has 0 aliphatic carbocycles. The number of carbonyl (C=O) groups is 1. The molecule has 0 aliphatic rings. The highest BCUT2D eigenvalue weighted by Gasteiger charge is 2.16. The van der Waals surface area contributed by atoms with Crippen molar-refractivity contribution in [2.24, 2.45) is 0 Å². The molecule has 1 amide bonds. The third-order valence-corrected chi connectivity index (χ3v) is 6.88. The average molecular weight is 501 g/mol. The molecule has 6 nitrogen and oxygen atoms in total. The zero-order valence-corrected chi connectivity index (χ0v) is 21.8. The lowest BCUT2D eigenvalue weighted by molar-refractivity contribution is 0.0949. The van der Waals surface area contributed by atoms with Crippen LogP contribution in [0.4, 0.5) is 0 Å². The Bertz CT molecular complexity index is 1280.